The summed E-state index contributed by atoms with van der Waals surface area (Å²) in [4.78, 5) is 24.3. The fourth-order valence-corrected chi connectivity index (χ4v) is 2.04. The average molecular weight is 263 g/mol. The van der Waals surface area contributed by atoms with Crippen LogP contribution in [0.5, 0.6) is 0 Å². The van der Waals surface area contributed by atoms with Crippen LogP contribution in [0.4, 0.5) is 5.69 Å². The fourth-order valence-electron chi connectivity index (χ4n) is 2.04. The number of amides is 2. The highest BCUT2D eigenvalue weighted by molar-refractivity contribution is 6.02. The molecule has 2 rings (SSSR count). The molecule has 0 aliphatic carbocycles. The molecule has 0 saturated carbocycles. The predicted molar refractivity (Wildman–Crippen MR) is 70.7 cm³/mol. The van der Waals surface area contributed by atoms with Crippen LogP contribution in [0.1, 0.15) is 11.7 Å². The van der Waals surface area contributed by atoms with Gasteiger partial charge in [-0.3, -0.25) is 14.9 Å². The van der Waals surface area contributed by atoms with Gasteiger partial charge in [-0.2, -0.15) is 0 Å². The van der Waals surface area contributed by atoms with Crippen LogP contribution >= 0.6 is 0 Å². The van der Waals surface area contributed by atoms with Gasteiger partial charge in [0.15, 0.2) is 0 Å². The van der Waals surface area contributed by atoms with E-state index in [4.69, 9.17) is 0 Å². The second-order valence-corrected chi connectivity index (χ2v) is 4.49. The Kier molecular flexibility index (Phi) is 4.13. The lowest BCUT2D eigenvalue weighted by atomic mass is 10.1. The Morgan fingerprint density at radius 2 is 1.84 bits per heavy atom. The molecule has 3 N–H and O–H groups in total. The van der Waals surface area contributed by atoms with Crippen molar-refractivity contribution in [2.75, 3.05) is 31.6 Å². The summed E-state index contributed by atoms with van der Waals surface area (Å²) in [6.45, 7) is 0.818. The quantitative estimate of drug-likeness (QED) is 0.632. The van der Waals surface area contributed by atoms with Crippen molar-refractivity contribution >= 4 is 17.5 Å². The molecule has 2 amide bonds. The van der Waals surface area contributed by atoms with Gasteiger partial charge in [-0.1, -0.05) is 12.1 Å². The molecular formula is C13H17N3O3. The lowest BCUT2D eigenvalue weighted by molar-refractivity contribution is -0.130. The van der Waals surface area contributed by atoms with E-state index in [0.29, 0.717) is 6.54 Å². The van der Waals surface area contributed by atoms with Crippen LogP contribution in [0, 0.1) is 0 Å². The number of nitrogens with one attached hydrogen (secondary N) is 2. The van der Waals surface area contributed by atoms with E-state index in [2.05, 4.69) is 10.6 Å². The summed E-state index contributed by atoms with van der Waals surface area (Å²) < 4.78 is 0. The maximum atomic E-state index is 11.3. The lowest BCUT2D eigenvalue weighted by Gasteiger charge is -2.27. The Morgan fingerprint density at radius 1 is 1.26 bits per heavy atom. The van der Waals surface area contributed by atoms with Crippen LogP contribution in [0.2, 0.25) is 0 Å². The van der Waals surface area contributed by atoms with Gasteiger partial charge in [0, 0.05) is 12.2 Å². The van der Waals surface area contributed by atoms with Gasteiger partial charge >= 0.3 is 0 Å². The molecule has 1 atom stereocenters. The second kappa shape index (κ2) is 5.81. The van der Waals surface area contributed by atoms with Crippen molar-refractivity contribution in [1.82, 2.24) is 10.6 Å². The minimum absolute atomic E-state index is 0.171. The van der Waals surface area contributed by atoms with Crippen molar-refractivity contribution in [2.24, 2.45) is 0 Å². The number of piperazine rings is 1. The SMILES string of the molecule is CNCC(O)c1ccc(N2CC(=O)NC(=O)C2)cc1. The van der Waals surface area contributed by atoms with Gasteiger partial charge in [0.1, 0.15) is 0 Å². The molecule has 0 aromatic heterocycles. The van der Waals surface area contributed by atoms with E-state index in [0.717, 1.165) is 11.3 Å². The zero-order valence-electron chi connectivity index (χ0n) is 10.7. The van der Waals surface area contributed by atoms with E-state index >= 15 is 0 Å². The molecule has 0 radical (unpaired) electrons. The molecule has 1 unspecified atom stereocenters. The van der Waals surface area contributed by atoms with E-state index in [9.17, 15) is 14.7 Å². The summed E-state index contributed by atoms with van der Waals surface area (Å²) in [6, 6.07) is 7.21. The molecule has 102 valence electrons. The van der Waals surface area contributed by atoms with Crippen molar-refractivity contribution < 1.29 is 14.7 Å². The van der Waals surface area contributed by atoms with Crippen LogP contribution in [-0.4, -0.2) is 43.6 Å². The number of aliphatic hydroxyl groups is 1. The van der Waals surface area contributed by atoms with Gasteiger partial charge in [-0.25, -0.2) is 0 Å². The van der Waals surface area contributed by atoms with Crippen molar-refractivity contribution in [3.63, 3.8) is 0 Å². The number of carbonyl (C=O) groups is 2. The number of rotatable bonds is 4. The van der Waals surface area contributed by atoms with Crippen LogP contribution in [0.25, 0.3) is 0 Å². The number of hydrogen-bond donors (Lipinski definition) is 3. The number of carbonyl (C=O) groups excluding carboxylic acids is 2. The molecule has 6 nitrogen and oxygen atoms in total. The lowest BCUT2D eigenvalue weighted by Crippen LogP contribution is -2.51. The molecule has 0 bridgehead atoms. The van der Waals surface area contributed by atoms with Crippen LogP contribution < -0.4 is 15.5 Å². The van der Waals surface area contributed by atoms with Crippen molar-refractivity contribution in [3.8, 4) is 0 Å². The third kappa shape index (κ3) is 3.30. The van der Waals surface area contributed by atoms with Gasteiger partial charge in [0.25, 0.3) is 0 Å². The predicted octanol–water partition coefficient (Wildman–Crippen LogP) is -0.598. The van der Waals surface area contributed by atoms with Crippen molar-refractivity contribution in [1.29, 1.82) is 0 Å². The molecule has 0 spiro atoms. The first-order valence-electron chi connectivity index (χ1n) is 6.10. The molecule has 6 heteroatoms. The Bertz CT molecular complexity index is 457. The molecule has 1 aromatic rings. The maximum absolute atomic E-state index is 11.3. The van der Waals surface area contributed by atoms with Gasteiger partial charge in [0.05, 0.1) is 19.2 Å². The Labute approximate surface area is 111 Å². The Morgan fingerprint density at radius 3 is 2.37 bits per heavy atom. The van der Waals surface area contributed by atoms with Crippen LogP contribution in [0.15, 0.2) is 24.3 Å². The van der Waals surface area contributed by atoms with E-state index in [-0.39, 0.29) is 24.9 Å². The number of nitrogens with zero attached hydrogens (tertiary/aromatic N) is 1. The Balaban J connectivity index is 2.09. The van der Waals surface area contributed by atoms with E-state index in [1.54, 1.807) is 36.2 Å². The summed E-state index contributed by atoms with van der Waals surface area (Å²) in [5, 5.41) is 15.0. The van der Waals surface area contributed by atoms with Gasteiger partial charge in [-0.05, 0) is 24.7 Å². The average Bonchev–Trinajstić information content (AvgIpc) is 2.38. The van der Waals surface area contributed by atoms with Crippen molar-refractivity contribution in [3.05, 3.63) is 29.8 Å². The summed E-state index contributed by atoms with van der Waals surface area (Å²) in [7, 11) is 1.77. The number of likely N-dealkylation sites (N-methyl/N-ethyl adjacent to an activating group) is 1. The summed E-state index contributed by atoms with van der Waals surface area (Å²) >= 11 is 0. The minimum Gasteiger partial charge on any atom is -0.387 e. The highest BCUT2D eigenvalue weighted by atomic mass is 16.3. The number of aliphatic hydroxyl groups excluding tert-OH is 1. The van der Waals surface area contributed by atoms with Crippen molar-refractivity contribution in [2.45, 2.75) is 6.10 Å². The zero-order valence-corrected chi connectivity index (χ0v) is 10.7. The number of hydrogen-bond acceptors (Lipinski definition) is 5. The van der Waals surface area contributed by atoms with E-state index in [1.165, 1.54) is 0 Å². The molecule has 1 fully saturated rings. The maximum Gasteiger partial charge on any atom is 0.246 e. The highest BCUT2D eigenvalue weighted by Crippen LogP contribution is 2.19. The first-order valence-corrected chi connectivity index (χ1v) is 6.10. The number of benzene rings is 1. The normalized spacial score (nSPS) is 17.3. The molecule has 1 aliphatic heterocycles. The monoisotopic (exact) mass is 263 g/mol. The standard InChI is InChI=1S/C13H17N3O3/c1-14-6-11(17)9-2-4-10(5-3-9)16-7-12(18)15-13(19)8-16/h2-5,11,14,17H,6-8H2,1H3,(H,15,18,19). The Hall–Kier alpha value is -1.92. The van der Waals surface area contributed by atoms with Gasteiger partial charge < -0.3 is 15.3 Å². The number of anilines is 1. The van der Waals surface area contributed by atoms with E-state index in [1.807, 2.05) is 0 Å². The molecule has 19 heavy (non-hydrogen) atoms. The minimum atomic E-state index is -0.565. The summed E-state index contributed by atoms with van der Waals surface area (Å²) in [5.74, 6) is -0.592. The second-order valence-electron chi connectivity index (χ2n) is 4.49. The van der Waals surface area contributed by atoms with Crippen LogP contribution in [0.3, 0.4) is 0 Å². The number of imide groups is 1. The molecule has 1 aliphatic rings. The zero-order chi connectivity index (χ0) is 13.8. The fraction of sp³-hybridized carbons (Fsp3) is 0.385. The summed E-state index contributed by atoms with van der Waals surface area (Å²) in [6.07, 6.45) is -0.565. The third-order valence-electron chi connectivity index (χ3n) is 2.99. The first-order chi connectivity index (χ1) is 9.10. The molecule has 1 saturated heterocycles. The topological polar surface area (TPSA) is 81.7 Å². The third-order valence-corrected chi connectivity index (χ3v) is 2.99. The smallest absolute Gasteiger partial charge is 0.246 e. The summed E-state index contributed by atoms with van der Waals surface area (Å²) in [5.41, 5.74) is 1.59. The first kappa shape index (κ1) is 13.5. The highest BCUT2D eigenvalue weighted by Gasteiger charge is 2.22. The van der Waals surface area contributed by atoms with E-state index < -0.39 is 6.10 Å². The molecule has 1 aromatic carbocycles. The molecule has 1 heterocycles. The van der Waals surface area contributed by atoms with Crippen LogP contribution in [-0.2, 0) is 9.59 Å². The van der Waals surface area contributed by atoms with Gasteiger partial charge in [-0.15, -0.1) is 0 Å². The van der Waals surface area contributed by atoms with Gasteiger partial charge in [0.2, 0.25) is 11.8 Å². The molecular weight excluding hydrogens is 246 g/mol. The largest absolute Gasteiger partial charge is 0.387 e.